The summed E-state index contributed by atoms with van der Waals surface area (Å²) in [6.45, 7) is 7.86. The molecule has 0 radical (unpaired) electrons. The van der Waals surface area contributed by atoms with Crippen LogP contribution in [0.2, 0.25) is 0 Å². The van der Waals surface area contributed by atoms with Crippen LogP contribution >= 0.6 is 0 Å². The minimum absolute atomic E-state index is 0.192. The van der Waals surface area contributed by atoms with Gasteiger partial charge in [0.05, 0.1) is 5.92 Å². The van der Waals surface area contributed by atoms with E-state index in [1.54, 1.807) is 13.3 Å². The summed E-state index contributed by atoms with van der Waals surface area (Å²) in [4.78, 5) is 0. The summed E-state index contributed by atoms with van der Waals surface area (Å²) < 4.78 is 7.16. The normalized spacial score (nSPS) is 16.3. The molecule has 0 aliphatic rings. The molecule has 0 aromatic heterocycles. The zero-order valence-corrected chi connectivity index (χ0v) is 15.9. The van der Waals surface area contributed by atoms with E-state index in [2.05, 4.69) is 31.2 Å². The van der Waals surface area contributed by atoms with Crippen molar-refractivity contribution in [3.05, 3.63) is 77.0 Å². The molecule has 0 bridgehead atoms. The minimum Gasteiger partial charge on any atom is -0.624 e. The number of ether oxygens (including phenoxy) is 1. The van der Waals surface area contributed by atoms with E-state index in [4.69, 9.17) is 4.74 Å². The highest BCUT2D eigenvalue weighted by Gasteiger charge is 2.42. The Bertz CT molecular complexity index is 683. The molecule has 2 rings (SSSR count). The summed E-state index contributed by atoms with van der Waals surface area (Å²) >= 11 is 0. The molecule has 2 aromatic carbocycles. The van der Waals surface area contributed by atoms with Gasteiger partial charge in [-0.15, -0.1) is 0 Å². The van der Waals surface area contributed by atoms with Crippen molar-refractivity contribution in [3.63, 3.8) is 0 Å². The zero-order valence-electron chi connectivity index (χ0n) is 15.9. The number of hydrogen-bond donors (Lipinski definition) is 0. The van der Waals surface area contributed by atoms with Gasteiger partial charge in [-0.2, -0.15) is 0 Å². The molecule has 0 aliphatic carbocycles. The molecule has 134 valence electrons. The first-order chi connectivity index (χ1) is 11.8. The molecule has 0 saturated heterocycles. The second-order valence-electron chi connectivity index (χ2n) is 7.35. The lowest BCUT2D eigenvalue weighted by Crippen LogP contribution is -2.40. The average molecular weight is 339 g/mol. The molecular weight excluding hydrogens is 310 g/mol. The van der Waals surface area contributed by atoms with Crippen LogP contribution in [0.15, 0.2) is 60.7 Å². The minimum atomic E-state index is -0.601. The second-order valence-corrected chi connectivity index (χ2v) is 7.35. The van der Waals surface area contributed by atoms with Crippen molar-refractivity contribution in [1.82, 2.24) is 0 Å². The number of benzene rings is 2. The van der Waals surface area contributed by atoms with Gasteiger partial charge >= 0.3 is 0 Å². The monoisotopic (exact) mass is 339 g/mol. The van der Waals surface area contributed by atoms with Crippen LogP contribution in [0, 0.1) is 5.21 Å². The fraction of sp³-hybridized carbons (Fsp3) is 0.409. The van der Waals surface area contributed by atoms with Gasteiger partial charge in [-0.25, -0.2) is 4.74 Å². The largest absolute Gasteiger partial charge is 0.624 e. The van der Waals surface area contributed by atoms with Crippen LogP contribution in [-0.2, 0) is 10.3 Å². The molecule has 25 heavy (non-hydrogen) atoms. The molecule has 2 atom stereocenters. The van der Waals surface area contributed by atoms with Crippen molar-refractivity contribution < 1.29 is 9.48 Å². The highest BCUT2D eigenvalue weighted by atomic mass is 16.5. The van der Waals surface area contributed by atoms with Crippen molar-refractivity contribution >= 4 is 6.21 Å². The van der Waals surface area contributed by atoms with E-state index in [-0.39, 0.29) is 5.92 Å². The predicted molar refractivity (Wildman–Crippen MR) is 104 cm³/mol. The molecule has 3 heteroatoms. The third-order valence-corrected chi connectivity index (χ3v) is 4.76. The lowest BCUT2D eigenvalue weighted by molar-refractivity contribution is -0.533. The number of nitrogens with zero attached hydrogens (tertiary/aromatic N) is 1. The van der Waals surface area contributed by atoms with Gasteiger partial charge < -0.3 is 9.94 Å². The molecule has 0 spiro atoms. The van der Waals surface area contributed by atoms with Crippen LogP contribution in [-0.4, -0.2) is 23.6 Å². The fourth-order valence-electron chi connectivity index (χ4n) is 3.21. The number of hydroxylamine groups is 1. The first kappa shape index (κ1) is 19.2. The van der Waals surface area contributed by atoms with E-state index in [0.29, 0.717) is 0 Å². The maximum atomic E-state index is 12.8. The van der Waals surface area contributed by atoms with Crippen LogP contribution in [0.3, 0.4) is 0 Å². The SMILES string of the molecule is CCC(OC)(c1ccccc1)C(/C=[N+](\[O-])C(C)(C)C)c1ccccc1. The lowest BCUT2D eigenvalue weighted by Gasteiger charge is -2.38. The van der Waals surface area contributed by atoms with Crippen molar-refractivity contribution in [2.24, 2.45) is 0 Å². The summed E-state index contributed by atoms with van der Waals surface area (Å²) in [7, 11) is 1.73. The molecule has 0 heterocycles. The Morgan fingerprint density at radius 1 is 1.00 bits per heavy atom. The second kappa shape index (κ2) is 7.83. The van der Waals surface area contributed by atoms with Crippen molar-refractivity contribution in [3.8, 4) is 0 Å². The van der Waals surface area contributed by atoms with Gasteiger partial charge in [-0.3, -0.25) is 0 Å². The lowest BCUT2D eigenvalue weighted by atomic mass is 9.75. The Labute approximate surface area is 151 Å². The number of rotatable bonds is 6. The maximum Gasteiger partial charge on any atom is 0.164 e. The summed E-state index contributed by atoms with van der Waals surface area (Å²) in [5.74, 6) is -0.192. The third-order valence-electron chi connectivity index (χ3n) is 4.76. The zero-order chi connectivity index (χ0) is 18.5. The van der Waals surface area contributed by atoms with Crippen LogP contribution in [0.25, 0.3) is 0 Å². The van der Waals surface area contributed by atoms with Gasteiger partial charge in [-0.05, 0) is 17.5 Å². The smallest absolute Gasteiger partial charge is 0.164 e. The van der Waals surface area contributed by atoms with Crippen LogP contribution in [0.4, 0.5) is 0 Å². The Morgan fingerprint density at radius 2 is 1.52 bits per heavy atom. The molecule has 0 saturated carbocycles. The molecule has 0 amide bonds. The Morgan fingerprint density at radius 3 is 1.96 bits per heavy atom. The Balaban J connectivity index is 2.68. The van der Waals surface area contributed by atoms with Crippen molar-refractivity contribution in [2.45, 2.75) is 51.2 Å². The number of hydrogen-bond acceptors (Lipinski definition) is 2. The Kier molecular flexibility index (Phi) is 6.02. The highest BCUT2D eigenvalue weighted by molar-refractivity contribution is 5.67. The van der Waals surface area contributed by atoms with Gasteiger partial charge in [0, 0.05) is 27.9 Å². The number of methoxy groups -OCH3 is 1. The first-order valence-electron chi connectivity index (χ1n) is 8.82. The standard InChI is InChI=1S/C22H29NO2/c1-6-22(25-5,19-15-11-8-12-16-19)20(17-23(24)21(2,3)4)18-13-9-7-10-14-18/h7-17,20H,6H2,1-5H3/b23-17-. The molecule has 0 fully saturated rings. The summed E-state index contributed by atoms with van der Waals surface area (Å²) in [5, 5.41) is 12.8. The van der Waals surface area contributed by atoms with Gasteiger partial charge in [0.1, 0.15) is 5.60 Å². The van der Waals surface area contributed by atoms with E-state index in [0.717, 1.165) is 22.3 Å². The van der Waals surface area contributed by atoms with Gasteiger partial charge in [0.15, 0.2) is 11.8 Å². The maximum absolute atomic E-state index is 12.8. The van der Waals surface area contributed by atoms with E-state index in [9.17, 15) is 5.21 Å². The fourth-order valence-corrected chi connectivity index (χ4v) is 3.21. The van der Waals surface area contributed by atoms with Gasteiger partial charge in [0.25, 0.3) is 0 Å². The highest BCUT2D eigenvalue weighted by Crippen LogP contribution is 2.41. The predicted octanol–water partition coefficient (Wildman–Crippen LogP) is 5.10. The first-order valence-corrected chi connectivity index (χ1v) is 8.82. The quantitative estimate of drug-likeness (QED) is 0.317. The molecule has 3 nitrogen and oxygen atoms in total. The topological polar surface area (TPSA) is 35.3 Å². The molecule has 0 aliphatic heterocycles. The summed E-state index contributed by atoms with van der Waals surface area (Å²) in [5.41, 5.74) is 1.04. The average Bonchev–Trinajstić information content (AvgIpc) is 2.63. The van der Waals surface area contributed by atoms with E-state index in [1.807, 2.05) is 57.2 Å². The van der Waals surface area contributed by atoms with E-state index in [1.165, 1.54) is 0 Å². The third kappa shape index (κ3) is 4.10. The van der Waals surface area contributed by atoms with E-state index < -0.39 is 11.1 Å². The van der Waals surface area contributed by atoms with Crippen LogP contribution in [0.1, 0.15) is 51.2 Å². The van der Waals surface area contributed by atoms with Crippen molar-refractivity contribution in [2.75, 3.05) is 7.11 Å². The molecular formula is C22H29NO2. The summed E-state index contributed by atoms with van der Waals surface area (Å²) in [6, 6.07) is 20.3. The van der Waals surface area contributed by atoms with Gasteiger partial charge in [0.2, 0.25) is 0 Å². The van der Waals surface area contributed by atoms with E-state index >= 15 is 0 Å². The van der Waals surface area contributed by atoms with Crippen LogP contribution < -0.4 is 0 Å². The molecule has 2 aromatic rings. The Hall–Kier alpha value is -2.13. The molecule has 2 unspecified atom stereocenters. The van der Waals surface area contributed by atoms with Crippen molar-refractivity contribution in [1.29, 1.82) is 0 Å². The van der Waals surface area contributed by atoms with Crippen LogP contribution in [0.5, 0.6) is 0 Å². The summed E-state index contributed by atoms with van der Waals surface area (Å²) in [6.07, 6.45) is 2.52. The molecule has 0 N–H and O–H groups in total. The van der Waals surface area contributed by atoms with Gasteiger partial charge in [-0.1, -0.05) is 67.6 Å².